The fourth-order valence-corrected chi connectivity index (χ4v) is 3.80. The highest BCUT2D eigenvalue weighted by Gasteiger charge is 2.43. The van der Waals surface area contributed by atoms with Crippen LogP contribution in [0.4, 0.5) is 30.7 Å². The number of pyridine rings is 1. The second kappa shape index (κ2) is 11.2. The second-order valence-corrected chi connectivity index (χ2v) is 8.34. The summed E-state index contributed by atoms with van der Waals surface area (Å²) in [5.74, 6) is -2.65. The maximum Gasteiger partial charge on any atom is 0.454 e. The highest BCUT2D eigenvalue weighted by atomic mass is 19.4. The van der Waals surface area contributed by atoms with E-state index in [1.165, 1.54) is 12.3 Å². The molecule has 0 aliphatic carbocycles. The number of fused-ring (bicyclic) bond motifs is 1. The Labute approximate surface area is 216 Å². The van der Waals surface area contributed by atoms with Gasteiger partial charge in [-0.05, 0) is 48.4 Å². The molecule has 4 rings (SSSR count). The molecule has 0 bridgehead atoms. The zero-order chi connectivity index (χ0) is 29.0. The van der Waals surface area contributed by atoms with Crippen molar-refractivity contribution in [2.24, 2.45) is 0 Å². The average molecular weight is 556 g/mol. The van der Waals surface area contributed by atoms with Gasteiger partial charge in [-0.25, -0.2) is 4.39 Å². The molecule has 1 aromatic heterocycles. The van der Waals surface area contributed by atoms with Crippen molar-refractivity contribution in [3.8, 4) is 5.75 Å². The Morgan fingerprint density at radius 1 is 1.00 bits per heavy atom. The van der Waals surface area contributed by atoms with E-state index >= 15 is 0 Å². The quantitative estimate of drug-likeness (QED) is 0.262. The van der Waals surface area contributed by atoms with Crippen molar-refractivity contribution in [3.63, 3.8) is 0 Å². The number of hydrogen-bond acceptors (Lipinski definition) is 5. The molecule has 0 spiro atoms. The molecule has 13 heteroatoms. The van der Waals surface area contributed by atoms with Crippen molar-refractivity contribution in [1.82, 2.24) is 10.3 Å². The number of alkyl halides is 6. The van der Waals surface area contributed by atoms with Gasteiger partial charge in [0.2, 0.25) is 6.29 Å². The largest absolute Gasteiger partial charge is 0.491 e. The van der Waals surface area contributed by atoms with E-state index in [1.54, 1.807) is 31.2 Å². The summed E-state index contributed by atoms with van der Waals surface area (Å²) in [7, 11) is 0. The van der Waals surface area contributed by atoms with Crippen LogP contribution < -0.4 is 10.1 Å². The number of amides is 1. The van der Waals surface area contributed by atoms with Crippen LogP contribution in [-0.2, 0) is 10.3 Å². The molecular formula is C26H19F7N2O4. The molecular weight excluding hydrogens is 537 g/mol. The number of Topliss-reactive ketones (excluding diaryl/α,β-unsaturated/α-hetero) is 1. The molecule has 2 heterocycles. The minimum Gasteiger partial charge on any atom is -0.491 e. The third-order valence-electron chi connectivity index (χ3n) is 5.70. The van der Waals surface area contributed by atoms with E-state index in [4.69, 9.17) is 9.53 Å². The van der Waals surface area contributed by atoms with Crippen molar-refractivity contribution in [3.05, 3.63) is 94.6 Å². The van der Waals surface area contributed by atoms with Crippen LogP contribution in [0.25, 0.3) is 0 Å². The summed E-state index contributed by atoms with van der Waals surface area (Å²) >= 11 is 0. The molecule has 6 nitrogen and oxygen atoms in total. The number of nitrogens with zero attached hydrogens (tertiary/aromatic N) is 1. The fraction of sp³-hybridized carbons (Fsp3) is 0.231. The molecule has 0 saturated carbocycles. The fourth-order valence-electron chi connectivity index (χ4n) is 3.80. The third kappa shape index (κ3) is 6.78. The lowest BCUT2D eigenvalue weighted by molar-refractivity contribution is -0.156. The number of ether oxygens (including phenoxy) is 1. The topological polar surface area (TPSA) is 85.4 Å². The van der Waals surface area contributed by atoms with E-state index in [2.05, 4.69) is 10.3 Å². The lowest BCUT2D eigenvalue weighted by Gasteiger charge is -2.39. The number of hydrogen-bond donors (Lipinski definition) is 1. The Morgan fingerprint density at radius 2 is 1.62 bits per heavy atom. The van der Waals surface area contributed by atoms with Gasteiger partial charge < -0.3 is 10.1 Å². The molecule has 0 unspecified atom stereocenters. The highest BCUT2D eigenvalue weighted by molar-refractivity contribution is 6.01. The third-order valence-corrected chi connectivity index (χ3v) is 5.70. The van der Waals surface area contributed by atoms with Crippen LogP contribution in [0.5, 0.6) is 5.75 Å². The number of aromatic nitrogens is 1. The normalized spacial score (nSPS) is 16.6. The van der Waals surface area contributed by atoms with Crippen LogP contribution in [0.1, 0.15) is 44.0 Å². The molecule has 0 saturated heterocycles. The SMILES string of the molecule is Cc1ccc([C@@]2(NC(=O)c3ccc(C(=O)C(F)(F)F)cc3)CCOc3cccnc32)cc1F.O=CC(F)(F)F. The molecule has 1 N–H and O–H groups in total. The second-order valence-electron chi connectivity index (χ2n) is 8.34. The van der Waals surface area contributed by atoms with Crippen molar-refractivity contribution in [1.29, 1.82) is 0 Å². The lowest BCUT2D eigenvalue weighted by Crippen LogP contribution is -2.50. The maximum absolute atomic E-state index is 14.5. The highest BCUT2D eigenvalue weighted by Crippen LogP contribution is 2.41. The summed E-state index contributed by atoms with van der Waals surface area (Å²) in [6, 6.07) is 12.1. The number of aryl methyl sites for hydroxylation is 1. The van der Waals surface area contributed by atoms with Gasteiger partial charge in [-0.2, -0.15) is 26.3 Å². The molecule has 206 valence electrons. The van der Waals surface area contributed by atoms with Crippen molar-refractivity contribution in [2.75, 3.05) is 6.61 Å². The van der Waals surface area contributed by atoms with E-state index in [0.717, 1.165) is 24.3 Å². The number of ketones is 1. The number of halogens is 7. The first-order valence-corrected chi connectivity index (χ1v) is 11.1. The standard InChI is InChI=1S/C24H18F4N2O3.C2HF3O/c1-14-4-9-17(13-18(14)25)23(10-12-33-19-3-2-11-29-20(19)23)30-22(32)16-7-5-15(6-8-16)21(31)24(26,27)28;3-2(4,5)1-6/h2-9,11,13H,10,12H2,1H3,(H,30,32);1H/t23-;/m0./s1. The molecule has 39 heavy (non-hydrogen) atoms. The first-order chi connectivity index (χ1) is 18.2. The molecule has 0 fully saturated rings. The molecule has 0 radical (unpaired) electrons. The number of carbonyl (C=O) groups excluding carboxylic acids is 3. The van der Waals surface area contributed by atoms with Gasteiger partial charge in [-0.3, -0.25) is 19.4 Å². The Morgan fingerprint density at radius 3 is 2.18 bits per heavy atom. The van der Waals surface area contributed by atoms with Gasteiger partial charge in [0.1, 0.15) is 22.8 Å². The Hall–Kier alpha value is -4.29. The minimum absolute atomic E-state index is 0.0321. The number of benzene rings is 2. The lowest BCUT2D eigenvalue weighted by atomic mass is 9.80. The van der Waals surface area contributed by atoms with Crippen LogP contribution in [0, 0.1) is 12.7 Å². The van der Waals surface area contributed by atoms with E-state index in [-0.39, 0.29) is 18.6 Å². The predicted octanol–water partition coefficient (Wildman–Crippen LogP) is 5.48. The first-order valence-electron chi connectivity index (χ1n) is 11.1. The smallest absolute Gasteiger partial charge is 0.454 e. The van der Waals surface area contributed by atoms with Gasteiger partial charge in [0, 0.05) is 23.7 Å². The Balaban J connectivity index is 0.000000631. The number of carbonyl (C=O) groups is 3. The zero-order valence-electron chi connectivity index (χ0n) is 20.0. The van der Waals surface area contributed by atoms with E-state index in [9.17, 15) is 40.3 Å². The van der Waals surface area contributed by atoms with Crippen LogP contribution in [0.3, 0.4) is 0 Å². The monoisotopic (exact) mass is 556 g/mol. The summed E-state index contributed by atoms with van der Waals surface area (Å²) in [4.78, 5) is 37.6. The maximum atomic E-state index is 14.5. The zero-order valence-corrected chi connectivity index (χ0v) is 20.0. The minimum atomic E-state index is -5.01. The molecule has 1 aliphatic rings. The van der Waals surface area contributed by atoms with Gasteiger partial charge in [-0.15, -0.1) is 0 Å². The van der Waals surface area contributed by atoms with Gasteiger partial charge >= 0.3 is 12.4 Å². The van der Waals surface area contributed by atoms with E-state index < -0.39 is 47.2 Å². The Bertz CT molecular complexity index is 1370. The van der Waals surface area contributed by atoms with Crippen molar-refractivity contribution in [2.45, 2.75) is 31.2 Å². The summed E-state index contributed by atoms with van der Waals surface area (Å²) < 4.78 is 89.4. The molecule has 1 aliphatic heterocycles. The summed E-state index contributed by atoms with van der Waals surface area (Å²) in [6.45, 7) is 1.83. The first kappa shape index (κ1) is 29.3. The van der Waals surface area contributed by atoms with Gasteiger partial charge in [0.05, 0.1) is 6.61 Å². The summed E-state index contributed by atoms with van der Waals surface area (Å²) in [5, 5.41) is 2.89. The van der Waals surface area contributed by atoms with Crippen LogP contribution in [0.2, 0.25) is 0 Å². The van der Waals surface area contributed by atoms with Crippen molar-refractivity contribution >= 4 is 18.0 Å². The average Bonchev–Trinajstić information content (AvgIpc) is 2.89. The van der Waals surface area contributed by atoms with Gasteiger partial charge in [0.15, 0.2) is 0 Å². The number of rotatable bonds is 4. The molecule has 3 aromatic rings. The van der Waals surface area contributed by atoms with Gasteiger partial charge in [-0.1, -0.05) is 24.3 Å². The number of aldehydes is 1. The van der Waals surface area contributed by atoms with Crippen LogP contribution in [0.15, 0.2) is 60.8 Å². The van der Waals surface area contributed by atoms with E-state index in [1.807, 2.05) is 0 Å². The predicted molar refractivity (Wildman–Crippen MR) is 123 cm³/mol. The molecule has 2 aromatic carbocycles. The Kier molecular flexibility index (Phi) is 8.42. The summed E-state index contributed by atoms with van der Waals surface area (Å²) in [5.41, 5.74) is -0.515. The molecule has 1 amide bonds. The van der Waals surface area contributed by atoms with Crippen molar-refractivity contribution < 1.29 is 49.9 Å². The van der Waals surface area contributed by atoms with Gasteiger partial charge in [0.25, 0.3) is 11.7 Å². The number of nitrogens with one attached hydrogen (secondary N) is 1. The van der Waals surface area contributed by atoms with E-state index in [0.29, 0.717) is 22.6 Å². The van der Waals surface area contributed by atoms with Crippen LogP contribution in [-0.4, -0.2) is 41.9 Å². The molecule has 1 atom stereocenters. The van der Waals surface area contributed by atoms with Crippen LogP contribution >= 0.6 is 0 Å². The summed E-state index contributed by atoms with van der Waals surface area (Å²) in [6.07, 6.45) is -8.94.